The summed E-state index contributed by atoms with van der Waals surface area (Å²) in [5.41, 5.74) is 0. The lowest BCUT2D eigenvalue weighted by Crippen LogP contribution is -2.50. The Balaban J connectivity index is 2.46. The van der Waals surface area contributed by atoms with Crippen molar-refractivity contribution in [2.24, 2.45) is 0 Å². The topological polar surface area (TPSA) is 78.5 Å². The van der Waals surface area contributed by atoms with E-state index in [4.69, 9.17) is 0 Å². The molecule has 1 heterocycles. The lowest BCUT2D eigenvalue weighted by molar-refractivity contribution is -0.119. The van der Waals surface area contributed by atoms with Crippen LogP contribution in [0.15, 0.2) is 0 Å². The van der Waals surface area contributed by atoms with Gasteiger partial charge in [0, 0.05) is 19.1 Å². The summed E-state index contributed by atoms with van der Waals surface area (Å²) in [4.78, 5) is 11.4. The number of nitrogens with zero attached hydrogens (tertiary/aromatic N) is 1. The fourth-order valence-corrected chi connectivity index (χ4v) is 3.42. The molecule has 0 aliphatic carbocycles. The number of carbonyl (C=O) groups excluding carboxylic acids is 1. The third kappa shape index (κ3) is 4.55. The summed E-state index contributed by atoms with van der Waals surface area (Å²) in [5.74, 6) is -0.287. The van der Waals surface area contributed by atoms with E-state index in [9.17, 15) is 13.2 Å². The second kappa shape index (κ2) is 7.06. The molecule has 1 amide bonds. The molecule has 106 valence electrons. The van der Waals surface area contributed by atoms with E-state index < -0.39 is 10.2 Å². The van der Waals surface area contributed by atoms with Gasteiger partial charge in [0.25, 0.3) is 10.2 Å². The molecular formula is C11H23N3O3S. The van der Waals surface area contributed by atoms with Gasteiger partial charge in [-0.15, -0.1) is 0 Å². The van der Waals surface area contributed by atoms with Crippen LogP contribution in [0.2, 0.25) is 0 Å². The zero-order chi connectivity index (χ0) is 13.6. The quantitative estimate of drug-likeness (QED) is 0.729. The molecule has 1 saturated heterocycles. The minimum absolute atomic E-state index is 0.00922. The smallest absolute Gasteiger partial charge is 0.280 e. The summed E-state index contributed by atoms with van der Waals surface area (Å²) in [6.45, 7) is 4.76. The Kier molecular flexibility index (Phi) is 6.04. The summed E-state index contributed by atoms with van der Waals surface area (Å²) in [6, 6.07) is 0.00922. The summed E-state index contributed by atoms with van der Waals surface area (Å²) >= 11 is 0. The van der Waals surface area contributed by atoms with Crippen LogP contribution >= 0.6 is 0 Å². The first-order valence-electron chi connectivity index (χ1n) is 6.50. The summed E-state index contributed by atoms with van der Waals surface area (Å²) < 4.78 is 27.8. The molecule has 2 N–H and O–H groups in total. The van der Waals surface area contributed by atoms with E-state index in [0.717, 1.165) is 25.7 Å². The molecule has 0 bridgehead atoms. The van der Waals surface area contributed by atoms with Crippen molar-refractivity contribution in [2.75, 3.05) is 19.6 Å². The van der Waals surface area contributed by atoms with Crippen molar-refractivity contribution in [3.63, 3.8) is 0 Å². The minimum atomic E-state index is -3.53. The first-order valence-corrected chi connectivity index (χ1v) is 7.94. The van der Waals surface area contributed by atoms with Gasteiger partial charge in [-0.1, -0.05) is 13.3 Å². The number of rotatable bonds is 6. The van der Waals surface area contributed by atoms with Crippen LogP contribution in [0, 0.1) is 0 Å². The molecule has 1 aliphatic rings. The van der Waals surface area contributed by atoms with Gasteiger partial charge >= 0.3 is 0 Å². The fraction of sp³-hybridized carbons (Fsp3) is 0.909. The summed E-state index contributed by atoms with van der Waals surface area (Å²) in [6.07, 6.45) is 3.65. The molecule has 0 radical (unpaired) electrons. The van der Waals surface area contributed by atoms with Gasteiger partial charge in [0.2, 0.25) is 5.91 Å². The van der Waals surface area contributed by atoms with Crippen LogP contribution in [0.5, 0.6) is 0 Å². The first-order chi connectivity index (χ1) is 8.47. The average molecular weight is 277 g/mol. The van der Waals surface area contributed by atoms with Gasteiger partial charge in [0.05, 0.1) is 6.54 Å². The van der Waals surface area contributed by atoms with E-state index >= 15 is 0 Å². The summed E-state index contributed by atoms with van der Waals surface area (Å²) in [5, 5.41) is 2.63. The highest BCUT2D eigenvalue weighted by atomic mass is 32.2. The first kappa shape index (κ1) is 15.4. The molecule has 7 heteroatoms. The second-order valence-electron chi connectivity index (χ2n) is 4.63. The van der Waals surface area contributed by atoms with Gasteiger partial charge in [-0.25, -0.2) is 0 Å². The number of amides is 1. The molecule has 18 heavy (non-hydrogen) atoms. The van der Waals surface area contributed by atoms with Crippen molar-refractivity contribution in [3.05, 3.63) is 0 Å². The van der Waals surface area contributed by atoms with E-state index in [1.165, 1.54) is 4.31 Å². The highest BCUT2D eigenvalue weighted by Crippen LogP contribution is 2.18. The molecule has 0 unspecified atom stereocenters. The van der Waals surface area contributed by atoms with Gasteiger partial charge in [-0.3, -0.25) is 4.79 Å². The Morgan fingerprint density at radius 3 is 2.72 bits per heavy atom. The maximum atomic E-state index is 12.0. The van der Waals surface area contributed by atoms with E-state index in [1.807, 2.05) is 13.8 Å². The predicted octanol–water partition coefficient (Wildman–Crippen LogP) is 0.221. The third-order valence-corrected chi connectivity index (χ3v) is 4.71. The lowest BCUT2D eigenvalue weighted by Gasteiger charge is -2.32. The Morgan fingerprint density at radius 1 is 1.39 bits per heavy atom. The Hall–Kier alpha value is -0.660. The van der Waals surface area contributed by atoms with Crippen LogP contribution in [0.25, 0.3) is 0 Å². The van der Waals surface area contributed by atoms with Crippen LogP contribution in [-0.4, -0.2) is 44.3 Å². The van der Waals surface area contributed by atoms with Crippen molar-refractivity contribution >= 4 is 16.1 Å². The monoisotopic (exact) mass is 277 g/mol. The van der Waals surface area contributed by atoms with Crippen LogP contribution in [0.4, 0.5) is 0 Å². The zero-order valence-electron chi connectivity index (χ0n) is 11.1. The highest BCUT2D eigenvalue weighted by Gasteiger charge is 2.29. The van der Waals surface area contributed by atoms with Crippen molar-refractivity contribution in [1.82, 2.24) is 14.3 Å². The van der Waals surface area contributed by atoms with Gasteiger partial charge in [0.15, 0.2) is 0 Å². The van der Waals surface area contributed by atoms with Crippen LogP contribution < -0.4 is 10.0 Å². The number of carbonyl (C=O) groups is 1. The van der Waals surface area contributed by atoms with Crippen molar-refractivity contribution < 1.29 is 13.2 Å². The van der Waals surface area contributed by atoms with Gasteiger partial charge in [-0.2, -0.15) is 17.4 Å². The van der Waals surface area contributed by atoms with Crippen LogP contribution in [0.3, 0.4) is 0 Å². The SMILES string of the molecule is CCCNC(=O)CNS(=O)(=O)N1CCCC[C@H]1C. The summed E-state index contributed by atoms with van der Waals surface area (Å²) in [7, 11) is -3.53. The maximum Gasteiger partial charge on any atom is 0.280 e. The Labute approximate surface area is 109 Å². The van der Waals surface area contributed by atoms with Crippen LogP contribution in [-0.2, 0) is 15.0 Å². The normalized spacial score (nSPS) is 21.8. The molecule has 1 aliphatic heterocycles. The van der Waals surface area contributed by atoms with E-state index in [2.05, 4.69) is 10.0 Å². The number of nitrogens with one attached hydrogen (secondary N) is 2. The lowest BCUT2D eigenvalue weighted by atomic mass is 10.1. The third-order valence-electron chi connectivity index (χ3n) is 3.04. The average Bonchev–Trinajstić information content (AvgIpc) is 2.34. The van der Waals surface area contributed by atoms with E-state index in [0.29, 0.717) is 13.1 Å². The number of hydrogen-bond donors (Lipinski definition) is 2. The van der Waals surface area contributed by atoms with E-state index in [1.54, 1.807) is 0 Å². The molecule has 0 spiro atoms. The molecular weight excluding hydrogens is 254 g/mol. The van der Waals surface area contributed by atoms with E-state index in [-0.39, 0.29) is 18.5 Å². The van der Waals surface area contributed by atoms with Crippen molar-refractivity contribution in [3.8, 4) is 0 Å². The minimum Gasteiger partial charge on any atom is -0.355 e. The molecule has 1 fully saturated rings. The number of hydrogen-bond acceptors (Lipinski definition) is 3. The van der Waals surface area contributed by atoms with Gasteiger partial charge < -0.3 is 5.32 Å². The predicted molar refractivity (Wildman–Crippen MR) is 70.2 cm³/mol. The van der Waals surface area contributed by atoms with Crippen molar-refractivity contribution in [2.45, 2.75) is 45.6 Å². The molecule has 0 aromatic carbocycles. The largest absolute Gasteiger partial charge is 0.355 e. The Morgan fingerprint density at radius 2 is 2.11 bits per heavy atom. The molecule has 1 atom stereocenters. The van der Waals surface area contributed by atoms with Crippen LogP contribution in [0.1, 0.15) is 39.5 Å². The maximum absolute atomic E-state index is 12.0. The molecule has 0 saturated carbocycles. The molecule has 1 rings (SSSR count). The van der Waals surface area contributed by atoms with Gasteiger partial charge in [-0.05, 0) is 26.2 Å². The van der Waals surface area contributed by atoms with Crippen molar-refractivity contribution in [1.29, 1.82) is 0 Å². The molecule has 0 aromatic heterocycles. The second-order valence-corrected chi connectivity index (χ2v) is 6.34. The van der Waals surface area contributed by atoms with Gasteiger partial charge in [0.1, 0.15) is 0 Å². The fourth-order valence-electron chi connectivity index (χ4n) is 2.00. The molecule has 6 nitrogen and oxygen atoms in total. The molecule has 0 aromatic rings. The zero-order valence-corrected chi connectivity index (χ0v) is 11.9. The standard InChI is InChI=1S/C11H23N3O3S/c1-3-7-12-11(15)9-13-18(16,17)14-8-5-4-6-10(14)2/h10,13H,3-9H2,1-2H3,(H,12,15)/t10-/m1/s1. The Bertz CT molecular complexity index is 370. The number of piperidine rings is 1. The highest BCUT2D eigenvalue weighted by molar-refractivity contribution is 7.87.